The van der Waals surface area contributed by atoms with Crippen molar-refractivity contribution in [2.24, 2.45) is 23.5 Å². The van der Waals surface area contributed by atoms with Gasteiger partial charge in [0.25, 0.3) is 0 Å². The van der Waals surface area contributed by atoms with Crippen LogP contribution in [0, 0.1) is 23.2 Å². The third-order valence-electron chi connectivity index (χ3n) is 4.88. The highest BCUT2D eigenvalue weighted by Gasteiger charge is 2.45. The van der Waals surface area contributed by atoms with Crippen LogP contribution in [0.5, 0.6) is 0 Å². The average molecular weight is 222 g/mol. The normalized spacial score (nSPS) is 42.6. The van der Waals surface area contributed by atoms with Crippen LogP contribution in [-0.2, 0) is 0 Å². The third kappa shape index (κ3) is 1.59. The van der Waals surface area contributed by atoms with Crippen molar-refractivity contribution in [3.05, 3.63) is 0 Å². The number of nitrogens with two attached hydrogens (primary N) is 1. The summed E-state index contributed by atoms with van der Waals surface area (Å²) in [7, 11) is 0. The summed E-state index contributed by atoms with van der Waals surface area (Å²) >= 11 is 0. The van der Waals surface area contributed by atoms with Crippen LogP contribution in [0.1, 0.15) is 25.7 Å². The Kier molecular flexibility index (Phi) is 2.54. The van der Waals surface area contributed by atoms with E-state index in [9.17, 15) is 0 Å². The van der Waals surface area contributed by atoms with E-state index in [0.29, 0.717) is 6.04 Å². The largest absolute Gasteiger partial charge is 0.370 e. The van der Waals surface area contributed by atoms with Gasteiger partial charge in [0.05, 0.1) is 0 Å². The highest BCUT2D eigenvalue weighted by Crippen LogP contribution is 2.50. The van der Waals surface area contributed by atoms with E-state index >= 15 is 0 Å². The van der Waals surface area contributed by atoms with Gasteiger partial charge in [-0.3, -0.25) is 5.41 Å². The minimum absolute atomic E-state index is 0.272. The molecular formula is C12H22N4. The van der Waals surface area contributed by atoms with Crippen molar-refractivity contribution in [1.82, 2.24) is 10.2 Å². The van der Waals surface area contributed by atoms with E-state index in [1.807, 2.05) is 0 Å². The van der Waals surface area contributed by atoms with E-state index in [4.69, 9.17) is 11.1 Å². The van der Waals surface area contributed by atoms with E-state index in [0.717, 1.165) is 37.4 Å². The molecule has 16 heavy (non-hydrogen) atoms. The average Bonchev–Trinajstić information content (AvgIpc) is 2.90. The first-order chi connectivity index (χ1) is 7.75. The standard InChI is InChI=1S/C12H22N4/c13-12(14)16-4-3-15-7-11(16)10-6-8-1-2-9(10)5-8/h8-11,15H,1-7H2,(H3,13,14). The Bertz CT molecular complexity index is 291. The van der Waals surface area contributed by atoms with Crippen LogP contribution in [0.3, 0.4) is 0 Å². The Morgan fingerprint density at radius 3 is 2.81 bits per heavy atom. The summed E-state index contributed by atoms with van der Waals surface area (Å²) in [4.78, 5) is 2.13. The first-order valence-corrected chi connectivity index (χ1v) is 6.57. The molecular weight excluding hydrogens is 200 g/mol. The molecule has 0 radical (unpaired) electrons. The minimum atomic E-state index is 0.272. The lowest BCUT2D eigenvalue weighted by molar-refractivity contribution is 0.141. The molecule has 1 aliphatic heterocycles. The molecule has 0 spiro atoms. The number of hydrogen-bond donors (Lipinski definition) is 3. The summed E-state index contributed by atoms with van der Waals surface area (Å²) in [5.74, 6) is 2.95. The Morgan fingerprint density at radius 2 is 2.19 bits per heavy atom. The second kappa shape index (κ2) is 3.91. The zero-order valence-electron chi connectivity index (χ0n) is 9.78. The molecule has 0 amide bonds. The zero-order chi connectivity index (χ0) is 11.1. The number of rotatable bonds is 1. The van der Waals surface area contributed by atoms with Crippen LogP contribution in [0.15, 0.2) is 0 Å². The fraction of sp³-hybridized carbons (Fsp3) is 0.917. The summed E-state index contributed by atoms with van der Waals surface area (Å²) < 4.78 is 0. The van der Waals surface area contributed by atoms with Crippen LogP contribution in [0.4, 0.5) is 0 Å². The lowest BCUT2D eigenvalue weighted by Gasteiger charge is -2.42. The summed E-state index contributed by atoms with van der Waals surface area (Å²) in [6.45, 7) is 2.90. The van der Waals surface area contributed by atoms with Gasteiger partial charge in [-0.2, -0.15) is 0 Å². The van der Waals surface area contributed by atoms with Gasteiger partial charge in [0.1, 0.15) is 0 Å². The van der Waals surface area contributed by atoms with Crippen molar-refractivity contribution in [2.75, 3.05) is 19.6 Å². The Hall–Kier alpha value is -0.770. The SMILES string of the molecule is N=C(N)N1CCNCC1C1CC2CCC1C2. The second-order valence-electron chi connectivity index (χ2n) is 5.69. The molecule has 2 aliphatic carbocycles. The monoisotopic (exact) mass is 222 g/mol. The maximum absolute atomic E-state index is 7.69. The van der Waals surface area contributed by atoms with Crippen molar-refractivity contribution < 1.29 is 0 Å². The molecule has 0 aromatic rings. The second-order valence-corrected chi connectivity index (χ2v) is 5.69. The van der Waals surface area contributed by atoms with Crippen LogP contribution in [0.2, 0.25) is 0 Å². The van der Waals surface area contributed by atoms with Crippen LogP contribution >= 0.6 is 0 Å². The molecule has 1 saturated heterocycles. The van der Waals surface area contributed by atoms with Gasteiger partial charge in [-0.05, 0) is 37.0 Å². The number of hydrogen-bond acceptors (Lipinski definition) is 2. The van der Waals surface area contributed by atoms with Gasteiger partial charge in [-0.1, -0.05) is 6.42 Å². The summed E-state index contributed by atoms with van der Waals surface area (Å²) in [5, 5.41) is 11.2. The van der Waals surface area contributed by atoms with Crippen LogP contribution < -0.4 is 11.1 Å². The van der Waals surface area contributed by atoms with Crippen LogP contribution in [0.25, 0.3) is 0 Å². The van der Waals surface area contributed by atoms with E-state index in [2.05, 4.69) is 10.2 Å². The van der Waals surface area contributed by atoms with E-state index in [1.54, 1.807) is 0 Å². The van der Waals surface area contributed by atoms with Gasteiger partial charge in [-0.15, -0.1) is 0 Å². The molecule has 0 aromatic heterocycles. The quantitative estimate of drug-likeness (QED) is 0.449. The number of piperazine rings is 1. The van der Waals surface area contributed by atoms with Crippen molar-refractivity contribution in [1.29, 1.82) is 5.41 Å². The van der Waals surface area contributed by atoms with E-state index in [-0.39, 0.29) is 5.96 Å². The number of nitrogens with zero attached hydrogens (tertiary/aromatic N) is 1. The molecule has 4 N–H and O–H groups in total. The van der Waals surface area contributed by atoms with Gasteiger partial charge in [0.15, 0.2) is 5.96 Å². The van der Waals surface area contributed by atoms with Crippen molar-refractivity contribution in [3.8, 4) is 0 Å². The van der Waals surface area contributed by atoms with Gasteiger partial charge in [-0.25, -0.2) is 0 Å². The predicted octanol–water partition coefficient (Wildman–Crippen LogP) is 0.590. The molecule has 2 saturated carbocycles. The maximum atomic E-state index is 7.69. The first kappa shape index (κ1) is 10.4. The molecule has 4 atom stereocenters. The highest BCUT2D eigenvalue weighted by molar-refractivity contribution is 5.75. The molecule has 2 bridgehead atoms. The fourth-order valence-corrected chi connectivity index (χ4v) is 4.17. The van der Waals surface area contributed by atoms with Gasteiger partial charge in [0.2, 0.25) is 0 Å². The van der Waals surface area contributed by atoms with E-state index < -0.39 is 0 Å². The Labute approximate surface area is 97.1 Å². The number of guanidine groups is 1. The van der Waals surface area contributed by atoms with Crippen molar-refractivity contribution in [2.45, 2.75) is 31.7 Å². The van der Waals surface area contributed by atoms with Crippen LogP contribution in [-0.4, -0.2) is 36.5 Å². The molecule has 1 heterocycles. The fourth-order valence-electron chi connectivity index (χ4n) is 4.17. The van der Waals surface area contributed by atoms with E-state index in [1.165, 1.54) is 25.7 Å². The summed E-state index contributed by atoms with van der Waals surface area (Å²) in [6.07, 6.45) is 5.67. The zero-order valence-corrected chi connectivity index (χ0v) is 9.78. The predicted molar refractivity (Wildman–Crippen MR) is 64.2 cm³/mol. The van der Waals surface area contributed by atoms with Crippen molar-refractivity contribution in [3.63, 3.8) is 0 Å². The van der Waals surface area contributed by atoms with Gasteiger partial charge < -0.3 is 16.0 Å². The first-order valence-electron chi connectivity index (χ1n) is 6.57. The molecule has 90 valence electrons. The lowest BCUT2D eigenvalue weighted by Crippen LogP contribution is -2.58. The third-order valence-corrected chi connectivity index (χ3v) is 4.88. The van der Waals surface area contributed by atoms with Gasteiger partial charge in [0, 0.05) is 25.7 Å². The summed E-state index contributed by atoms with van der Waals surface area (Å²) in [6, 6.07) is 0.488. The van der Waals surface area contributed by atoms with Crippen molar-refractivity contribution >= 4 is 5.96 Å². The topological polar surface area (TPSA) is 65.1 Å². The molecule has 3 rings (SSSR count). The minimum Gasteiger partial charge on any atom is -0.370 e. The highest BCUT2D eigenvalue weighted by atomic mass is 15.3. The molecule has 3 aliphatic rings. The molecule has 4 heteroatoms. The number of fused-ring (bicyclic) bond motifs is 2. The van der Waals surface area contributed by atoms with Gasteiger partial charge >= 0.3 is 0 Å². The maximum Gasteiger partial charge on any atom is 0.188 e. The Balaban J connectivity index is 1.74. The smallest absolute Gasteiger partial charge is 0.188 e. The molecule has 0 aromatic carbocycles. The molecule has 4 nitrogen and oxygen atoms in total. The molecule has 3 fully saturated rings. The lowest BCUT2D eigenvalue weighted by atomic mass is 9.82. The molecule has 4 unspecified atom stereocenters. The number of nitrogens with one attached hydrogen (secondary N) is 2. The summed E-state index contributed by atoms with van der Waals surface area (Å²) in [5.41, 5.74) is 5.70. The Morgan fingerprint density at radius 1 is 1.31 bits per heavy atom.